The van der Waals surface area contributed by atoms with Crippen LogP contribution in [0.2, 0.25) is 5.02 Å². The predicted molar refractivity (Wildman–Crippen MR) is 112 cm³/mol. The molecule has 0 aliphatic heterocycles. The third-order valence-corrected chi connectivity index (χ3v) is 7.70. The second kappa shape index (κ2) is 9.59. The highest BCUT2D eigenvalue weighted by Crippen LogP contribution is 2.28. The van der Waals surface area contributed by atoms with E-state index in [1.807, 2.05) is 31.2 Å². The van der Waals surface area contributed by atoms with Crippen LogP contribution in [-0.4, -0.2) is 37.5 Å². The van der Waals surface area contributed by atoms with E-state index in [-0.39, 0.29) is 21.6 Å². The number of carbonyl (C=O) groups is 1. The minimum atomic E-state index is -3.71. The SMILES string of the molecule is CCN(CC)S(=O)(=O)c1cc(NC(=O)CSc2ccccc2C)ccc1Cl. The number of aryl methyl sites for hydroxylation is 1. The molecule has 0 unspecified atom stereocenters. The first-order chi connectivity index (χ1) is 12.8. The normalized spacial score (nSPS) is 11.6. The lowest BCUT2D eigenvalue weighted by Crippen LogP contribution is -2.31. The maximum atomic E-state index is 12.7. The lowest BCUT2D eigenvalue weighted by molar-refractivity contribution is -0.113. The van der Waals surface area contributed by atoms with Crippen molar-refractivity contribution in [3.8, 4) is 0 Å². The Kier molecular flexibility index (Phi) is 7.73. The molecule has 5 nitrogen and oxygen atoms in total. The van der Waals surface area contributed by atoms with Gasteiger partial charge in [0.1, 0.15) is 4.90 Å². The zero-order valence-corrected chi connectivity index (χ0v) is 17.9. The van der Waals surface area contributed by atoms with Crippen LogP contribution in [0.1, 0.15) is 19.4 Å². The van der Waals surface area contributed by atoms with Crippen molar-refractivity contribution >= 4 is 45.0 Å². The van der Waals surface area contributed by atoms with Gasteiger partial charge in [0.25, 0.3) is 0 Å². The van der Waals surface area contributed by atoms with Gasteiger partial charge in [0.05, 0.1) is 10.8 Å². The molecule has 2 aromatic rings. The number of hydrogen-bond acceptors (Lipinski definition) is 4. The Morgan fingerprint density at radius 3 is 2.44 bits per heavy atom. The minimum absolute atomic E-state index is 0.00257. The number of carbonyl (C=O) groups excluding carboxylic acids is 1. The number of nitrogens with one attached hydrogen (secondary N) is 1. The molecule has 0 aliphatic rings. The number of benzene rings is 2. The van der Waals surface area contributed by atoms with Crippen LogP contribution in [0.4, 0.5) is 5.69 Å². The number of anilines is 1. The second-order valence-electron chi connectivity index (χ2n) is 5.84. The van der Waals surface area contributed by atoms with Gasteiger partial charge in [-0.25, -0.2) is 8.42 Å². The lowest BCUT2D eigenvalue weighted by atomic mass is 10.2. The highest BCUT2D eigenvalue weighted by molar-refractivity contribution is 8.00. The minimum Gasteiger partial charge on any atom is -0.325 e. The van der Waals surface area contributed by atoms with Crippen LogP contribution in [0.3, 0.4) is 0 Å². The molecular weight excluding hydrogens is 404 g/mol. The molecule has 0 radical (unpaired) electrons. The third kappa shape index (κ3) is 5.48. The van der Waals surface area contributed by atoms with Crippen molar-refractivity contribution in [2.45, 2.75) is 30.6 Å². The Hall–Kier alpha value is -1.54. The van der Waals surface area contributed by atoms with E-state index in [9.17, 15) is 13.2 Å². The van der Waals surface area contributed by atoms with Crippen LogP contribution in [-0.2, 0) is 14.8 Å². The highest BCUT2D eigenvalue weighted by atomic mass is 35.5. The Morgan fingerprint density at radius 1 is 1.15 bits per heavy atom. The second-order valence-corrected chi connectivity index (χ2v) is 9.17. The van der Waals surface area contributed by atoms with Crippen LogP contribution in [0.5, 0.6) is 0 Å². The Bertz CT molecular complexity index is 913. The molecular formula is C19H23ClN2O3S2. The first-order valence-electron chi connectivity index (χ1n) is 8.57. The Labute approximate surface area is 170 Å². The van der Waals surface area contributed by atoms with Crippen molar-refractivity contribution in [1.29, 1.82) is 0 Å². The number of amides is 1. The molecule has 0 atom stereocenters. The molecule has 146 valence electrons. The summed E-state index contributed by atoms with van der Waals surface area (Å²) in [4.78, 5) is 13.3. The molecule has 1 N–H and O–H groups in total. The number of thioether (sulfide) groups is 1. The topological polar surface area (TPSA) is 66.5 Å². The fourth-order valence-electron chi connectivity index (χ4n) is 2.54. The van der Waals surface area contributed by atoms with Crippen LogP contribution < -0.4 is 5.32 Å². The number of halogens is 1. The van der Waals surface area contributed by atoms with E-state index in [4.69, 9.17) is 11.6 Å². The number of hydrogen-bond donors (Lipinski definition) is 1. The molecule has 0 fully saturated rings. The molecule has 1 amide bonds. The first kappa shape index (κ1) is 21.8. The quantitative estimate of drug-likeness (QED) is 0.635. The summed E-state index contributed by atoms with van der Waals surface area (Å²) in [6, 6.07) is 12.3. The molecule has 0 aliphatic carbocycles. The highest BCUT2D eigenvalue weighted by Gasteiger charge is 2.25. The summed E-state index contributed by atoms with van der Waals surface area (Å²) in [7, 11) is -3.71. The average molecular weight is 427 g/mol. The summed E-state index contributed by atoms with van der Waals surface area (Å²) in [5.74, 6) is 0.0165. The standard InChI is InChI=1S/C19H23ClN2O3S2/c1-4-22(5-2)27(24,25)18-12-15(10-11-16(18)20)21-19(23)13-26-17-9-7-6-8-14(17)3/h6-12H,4-5,13H2,1-3H3,(H,21,23). The van der Waals surface area contributed by atoms with E-state index in [2.05, 4.69) is 5.32 Å². The van der Waals surface area contributed by atoms with Gasteiger partial charge in [0.2, 0.25) is 15.9 Å². The van der Waals surface area contributed by atoms with Gasteiger partial charge < -0.3 is 5.32 Å². The van der Waals surface area contributed by atoms with E-state index in [0.717, 1.165) is 10.5 Å². The Morgan fingerprint density at radius 2 is 1.81 bits per heavy atom. The zero-order valence-electron chi connectivity index (χ0n) is 15.5. The van der Waals surface area contributed by atoms with Crippen LogP contribution in [0, 0.1) is 6.92 Å². The van der Waals surface area contributed by atoms with Crippen molar-refractivity contribution in [1.82, 2.24) is 4.31 Å². The van der Waals surface area contributed by atoms with Gasteiger partial charge in [-0.05, 0) is 36.8 Å². The van der Waals surface area contributed by atoms with Crippen LogP contribution >= 0.6 is 23.4 Å². The van der Waals surface area contributed by atoms with Crippen molar-refractivity contribution in [2.24, 2.45) is 0 Å². The molecule has 0 spiro atoms. The lowest BCUT2D eigenvalue weighted by Gasteiger charge is -2.19. The van der Waals surface area contributed by atoms with E-state index in [0.29, 0.717) is 18.8 Å². The van der Waals surface area contributed by atoms with Gasteiger partial charge in [0, 0.05) is 23.7 Å². The molecule has 0 saturated carbocycles. The fourth-order valence-corrected chi connectivity index (χ4v) is 5.33. The smallest absolute Gasteiger partial charge is 0.244 e. The molecule has 0 saturated heterocycles. The fraction of sp³-hybridized carbons (Fsp3) is 0.316. The predicted octanol–water partition coefficient (Wildman–Crippen LogP) is 4.41. The summed E-state index contributed by atoms with van der Waals surface area (Å²) < 4.78 is 26.8. The van der Waals surface area contributed by atoms with E-state index in [1.165, 1.54) is 28.2 Å². The summed E-state index contributed by atoms with van der Waals surface area (Å²) in [6.07, 6.45) is 0. The molecule has 2 aromatic carbocycles. The van der Waals surface area contributed by atoms with Gasteiger partial charge in [-0.3, -0.25) is 4.79 Å². The molecule has 0 aromatic heterocycles. The van der Waals surface area contributed by atoms with E-state index >= 15 is 0 Å². The van der Waals surface area contributed by atoms with E-state index in [1.54, 1.807) is 19.9 Å². The van der Waals surface area contributed by atoms with Gasteiger partial charge in [-0.2, -0.15) is 4.31 Å². The van der Waals surface area contributed by atoms with Crippen molar-refractivity contribution < 1.29 is 13.2 Å². The first-order valence-corrected chi connectivity index (χ1v) is 11.4. The van der Waals surface area contributed by atoms with Crippen LogP contribution in [0.25, 0.3) is 0 Å². The summed E-state index contributed by atoms with van der Waals surface area (Å²) in [5.41, 5.74) is 1.51. The maximum absolute atomic E-state index is 12.7. The van der Waals surface area contributed by atoms with Crippen molar-refractivity contribution in [2.75, 3.05) is 24.2 Å². The molecule has 2 rings (SSSR count). The third-order valence-electron chi connectivity index (χ3n) is 3.99. The van der Waals surface area contributed by atoms with Crippen molar-refractivity contribution in [3.63, 3.8) is 0 Å². The molecule has 0 heterocycles. The van der Waals surface area contributed by atoms with Gasteiger partial charge >= 0.3 is 0 Å². The summed E-state index contributed by atoms with van der Waals surface area (Å²) >= 11 is 7.55. The summed E-state index contributed by atoms with van der Waals surface area (Å²) in [5, 5.41) is 2.88. The van der Waals surface area contributed by atoms with Gasteiger partial charge in [-0.15, -0.1) is 11.8 Å². The monoisotopic (exact) mass is 426 g/mol. The molecule has 0 bridgehead atoms. The number of nitrogens with zero attached hydrogens (tertiary/aromatic N) is 1. The largest absolute Gasteiger partial charge is 0.325 e. The molecule has 8 heteroatoms. The van der Waals surface area contributed by atoms with Gasteiger partial charge in [-0.1, -0.05) is 43.6 Å². The Balaban J connectivity index is 2.13. The molecule has 27 heavy (non-hydrogen) atoms. The zero-order chi connectivity index (χ0) is 20.0. The number of sulfonamides is 1. The summed E-state index contributed by atoms with van der Waals surface area (Å²) in [6.45, 7) is 6.22. The van der Waals surface area contributed by atoms with E-state index < -0.39 is 10.0 Å². The maximum Gasteiger partial charge on any atom is 0.244 e. The average Bonchev–Trinajstić information content (AvgIpc) is 2.63. The van der Waals surface area contributed by atoms with Crippen molar-refractivity contribution in [3.05, 3.63) is 53.1 Å². The van der Waals surface area contributed by atoms with Gasteiger partial charge in [0.15, 0.2) is 0 Å². The number of rotatable bonds is 8. The van der Waals surface area contributed by atoms with Crippen LogP contribution in [0.15, 0.2) is 52.3 Å².